The van der Waals surface area contributed by atoms with E-state index in [1.165, 1.54) is 23.5 Å². The Morgan fingerprint density at radius 2 is 1.75 bits per heavy atom. The maximum absolute atomic E-state index is 11.2. The first-order valence-electron chi connectivity index (χ1n) is 9.15. The number of thioether (sulfide) groups is 1. The molecular formula is C20H23N5O2S. The van der Waals surface area contributed by atoms with E-state index in [1.54, 1.807) is 12.1 Å². The topological polar surface area (TPSA) is 77.1 Å². The standard InChI is InChI=1S/C20H23N5O2S/c1-4-24(5-2)17-12-10-15(11-13-17)19-21-22-20(23(19)3)28-14-16-8-6-7-9-18(16)25(26)27/h6-13H,4-5,14H2,1-3H3. The van der Waals surface area contributed by atoms with Crippen LogP contribution in [0.4, 0.5) is 11.4 Å². The monoisotopic (exact) mass is 397 g/mol. The van der Waals surface area contributed by atoms with E-state index in [-0.39, 0.29) is 10.6 Å². The second kappa shape index (κ2) is 8.88. The van der Waals surface area contributed by atoms with Crippen molar-refractivity contribution in [2.45, 2.75) is 24.8 Å². The van der Waals surface area contributed by atoms with E-state index in [4.69, 9.17) is 0 Å². The highest BCUT2D eigenvalue weighted by molar-refractivity contribution is 7.98. The number of aromatic nitrogens is 3. The number of anilines is 1. The van der Waals surface area contributed by atoms with Gasteiger partial charge in [-0.05, 0) is 38.1 Å². The number of para-hydroxylation sites is 1. The quantitative estimate of drug-likeness (QED) is 0.316. The van der Waals surface area contributed by atoms with Crippen LogP contribution in [-0.2, 0) is 12.8 Å². The summed E-state index contributed by atoms with van der Waals surface area (Å²) in [5.74, 6) is 1.24. The molecule has 0 amide bonds. The summed E-state index contributed by atoms with van der Waals surface area (Å²) in [5, 5.41) is 20.5. The summed E-state index contributed by atoms with van der Waals surface area (Å²) < 4.78 is 1.92. The lowest BCUT2D eigenvalue weighted by Gasteiger charge is -2.21. The van der Waals surface area contributed by atoms with Crippen LogP contribution in [0.1, 0.15) is 19.4 Å². The van der Waals surface area contributed by atoms with Gasteiger partial charge in [-0.1, -0.05) is 30.0 Å². The Morgan fingerprint density at radius 1 is 1.07 bits per heavy atom. The second-order valence-electron chi connectivity index (χ2n) is 6.26. The Morgan fingerprint density at radius 3 is 2.39 bits per heavy atom. The minimum Gasteiger partial charge on any atom is -0.372 e. The molecule has 3 aromatic rings. The van der Waals surface area contributed by atoms with Crippen molar-refractivity contribution in [3.8, 4) is 11.4 Å². The lowest BCUT2D eigenvalue weighted by Crippen LogP contribution is -2.21. The molecule has 2 aromatic carbocycles. The Bertz CT molecular complexity index is 951. The molecule has 0 spiro atoms. The van der Waals surface area contributed by atoms with E-state index in [1.807, 2.05) is 29.8 Å². The van der Waals surface area contributed by atoms with Crippen LogP contribution < -0.4 is 4.90 Å². The fourth-order valence-electron chi connectivity index (χ4n) is 3.06. The van der Waals surface area contributed by atoms with Crippen molar-refractivity contribution in [2.75, 3.05) is 18.0 Å². The summed E-state index contributed by atoms with van der Waals surface area (Å²) >= 11 is 1.44. The van der Waals surface area contributed by atoms with E-state index >= 15 is 0 Å². The van der Waals surface area contributed by atoms with Gasteiger partial charge in [0, 0.05) is 48.8 Å². The molecule has 28 heavy (non-hydrogen) atoms. The lowest BCUT2D eigenvalue weighted by molar-refractivity contribution is -0.385. The average molecular weight is 398 g/mol. The highest BCUT2D eigenvalue weighted by Gasteiger charge is 2.16. The van der Waals surface area contributed by atoms with Gasteiger partial charge in [0.25, 0.3) is 5.69 Å². The summed E-state index contributed by atoms with van der Waals surface area (Å²) in [5.41, 5.74) is 2.97. The van der Waals surface area contributed by atoms with Crippen molar-refractivity contribution in [1.82, 2.24) is 14.8 Å². The Balaban J connectivity index is 1.77. The van der Waals surface area contributed by atoms with Crippen LogP contribution >= 0.6 is 11.8 Å². The number of nitro groups is 1. The van der Waals surface area contributed by atoms with Crippen LogP contribution in [0.3, 0.4) is 0 Å². The van der Waals surface area contributed by atoms with Crippen LogP contribution in [0.2, 0.25) is 0 Å². The predicted octanol–water partition coefficient (Wildman–Crippen LogP) is 4.53. The molecule has 0 N–H and O–H groups in total. The molecule has 0 aliphatic carbocycles. The maximum atomic E-state index is 11.2. The molecule has 1 aromatic heterocycles. The molecule has 146 valence electrons. The summed E-state index contributed by atoms with van der Waals surface area (Å²) in [6.45, 7) is 6.21. The molecule has 0 fully saturated rings. The van der Waals surface area contributed by atoms with Crippen molar-refractivity contribution >= 4 is 23.1 Å². The first kappa shape index (κ1) is 19.9. The van der Waals surface area contributed by atoms with Crippen molar-refractivity contribution in [1.29, 1.82) is 0 Å². The zero-order valence-corrected chi connectivity index (χ0v) is 17.0. The van der Waals surface area contributed by atoms with Crippen molar-refractivity contribution < 1.29 is 4.92 Å². The van der Waals surface area contributed by atoms with Crippen LogP contribution in [-0.4, -0.2) is 32.8 Å². The van der Waals surface area contributed by atoms with Crippen LogP contribution in [0, 0.1) is 10.1 Å². The van der Waals surface area contributed by atoms with Crippen LogP contribution in [0.5, 0.6) is 0 Å². The molecule has 1 heterocycles. The molecule has 0 saturated carbocycles. The molecule has 0 saturated heterocycles. The molecule has 0 bridgehead atoms. The summed E-state index contributed by atoms with van der Waals surface area (Å²) in [6, 6.07) is 15.1. The maximum Gasteiger partial charge on any atom is 0.273 e. The lowest BCUT2D eigenvalue weighted by atomic mass is 10.2. The van der Waals surface area contributed by atoms with Crippen LogP contribution in [0.25, 0.3) is 11.4 Å². The van der Waals surface area contributed by atoms with Gasteiger partial charge in [0.2, 0.25) is 0 Å². The molecule has 0 aliphatic rings. The van der Waals surface area contributed by atoms with Crippen LogP contribution in [0.15, 0.2) is 53.7 Å². The molecule has 0 unspecified atom stereocenters. The summed E-state index contributed by atoms with van der Waals surface area (Å²) in [6.07, 6.45) is 0. The summed E-state index contributed by atoms with van der Waals surface area (Å²) in [4.78, 5) is 13.1. The van der Waals surface area contributed by atoms with Gasteiger partial charge in [0.05, 0.1) is 4.92 Å². The Labute approximate surface area is 168 Å². The third-order valence-corrected chi connectivity index (χ3v) is 5.70. The first-order chi connectivity index (χ1) is 13.5. The predicted molar refractivity (Wildman–Crippen MR) is 113 cm³/mol. The van der Waals surface area contributed by atoms with E-state index in [9.17, 15) is 10.1 Å². The molecule has 8 heteroatoms. The summed E-state index contributed by atoms with van der Waals surface area (Å²) in [7, 11) is 1.91. The molecule has 7 nitrogen and oxygen atoms in total. The van der Waals surface area contributed by atoms with E-state index in [0.717, 1.165) is 29.6 Å². The van der Waals surface area contributed by atoms with Gasteiger partial charge >= 0.3 is 0 Å². The number of hydrogen-bond donors (Lipinski definition) is 0. The number of nitro benzene ring substituents is 1. The molecule has 0 atom stereocenters. The van der Waals surface area contributed by atoms with Gasteiger partial charge in [-0.25, -0.2) is 0 Å². The number of benzene rings is 2. The molecule has 0 radical (unpaired) electrons. The number of hydrogen-bond acceptors (Lipinski definition) is 6. The van der Waals surface area contributed by atoms with Crippen molar-refractivity contribution in [3.05, 3.63) is 64.2 Å². The number of nitrogens with zero attached hydrogens (tertiary/aromatic N) is 5. The van der Waals surface area contributed by atoms with Crippen molar-refractivity contribution in [3.63, 3.8) is 0 Å². The zero-order chi connectivity index (χ0) is 20.1. The average Bonchev–Trinajstić information content (AvgIpc) is 3.08. The third-order valence-electron chi connectivity index (χ3n) is 4.63. The van der Waals surface area contributed by atoms with Gasteiger partial charge in [-0.3, -0.25) is 10.1 Å². The normalized spacial score (nSPS) is 10.8. The fourth-order valence-corrected chi connectivity index (χ4v) is 3.96. The van der Waals surface area contributed by atoms with Gasteiger partial charge < -0.3 is 9.47 Å². The van der Waals surface area contributed by atoms with Gasteiger partial charge in [0.1, 0.15) is 0 Å². The SMILES string of the molecule is CCN(CC)c1ccc(-c2nnc(SCc3ccccc3[N+](=O)[O-])n2C)cc1. The highest BCUT2D eigenvalue weighted by atomic mass is 32.2. The molecular weight excluding hydrogens is 374 g/mol. The van der Waals surface area contributed by atoms with Gasteiger partial charge in [-0.2, -0.15) is 0 Å². The smallest absolute Gasteiger partial charge is 0.273 e. The van der Waals surface area contributed by atoms with Crippen molar-refractivity contribution in [2.24, 2.45) is 7.05 Å². The van der Waals surface area contributed by atoms with E-state index in [0.29, 0.717) is 11.3 Å². The minimum absolute atomic E-state index is 0.129. The third kappa shape index (κ3) is 4.17. The Kier molecular flexibility index (Phi) is 6.30. The van der Waals surface area contributed by atoms with E-state index < -0.39 is 0 Å². The highest BCUT2D eigenvalue weighted by Crippen LogP contribution is 2.29. The van der Waals surface area contributed by atoms with Gasteiger partial charge in [-0.15, -0.1) is 10.2 Å². The second-order valence-corrected chi connectivity index (χ2v) is 7.20. The number of rotatable bonds is 8. The van der Waals surface area contributed by atoms with E-state index in [2.05, 4.69) is 41.1 Å². The molecule has 0 aliphatic heterocycles. The first-order valence-corrected chi connectivity index (χ1v) is 10.1. The fraction of sp³-hybridized carbons (Fsp3) is 0.300. The largest absolute Gasteiger partial charge is 0.372 e. The molecule has 3 rings (SSSR count). The zero-order valence-electron chi connectivity index (χ0n) is 16.2. The van der Waals surface area contributed by atoms with Gasteiger partial charge in [0.15, 0.2) is 11.0 Å². The Hall–Kier alpha value is -2.87. The minimum atomic E-state index is -0.352.